The second-order valence-corrected chi connectivity index (χ2v) is 9.17. The number of benzene rings is 3. The van der Waals surface area contributed by atoms with Gasteiger partial charge >= 0.3 is 0 Å². The summed E-state index contributed by atoms with van der Waals surface area (Å²) in [6.07, 6.45) is 1.53. The molecule has 168 valence electrons. The summed E-state index contributed by atoms with van der Waals surface area (Å²) in [6, 6.07) is 16.9. The fourth-order valence-corrected chi connectivity index (χ4v) is 4.24. The van der Waals surface area contributed by atoms with Crippen molar-refractivity contribution >= 4 is 60.6 Å². The minimum atomic E-state index is -0.271. The maximum absolute atomic E-state index is 13.0. The van der Waals surface area contributed by atoms with E-state index in [1.54, 1.807) is 25.1 Å². The van der Waals surface area contributed by atoms with Crippen molar-refractivity contribution in [2.75, 3.05) is 7.11 Å². The molecule has 0 saturated carbocycles. The first-order valence-corrected chi connectivity index (χ1v) is 11.8. The zero-order valence-electron chi connectivity index (χ0n) is 17.7. The van der Waals surface area contributed by atoms with Crippen LogP contribution in [0, 0.1) is 6.92 Å². The molecular weight excluding hydrogens is 574 g/mol. The van der Waals surface area contributed by atoms with E-state index in [-0.39, 0.29) is 5.56 Å². The van der Waals surface area contributed by atoms with Gasteiger partial charge in [0.25, 0.3) is 5.56 Å². The molecule has 0 unspecified atom stereocenters. The zero-order chi connectivity index (χ0) is 23.5. The number of ether oxygens (including phenoxy) is 2. The Labute approximate surface area is 212 Å². The first-order chi connectivity index (χ1) is 15.9. The van der Waals surface area contributed by atoms with E-state index < -0.39 is 0 Å². The third-order valence-electron chi connectivity index (χ3n) is 4.88. The van der Waals surface area contributed by atoms with Crippen LogP contribution in [-0.4, -0.2) is 23.0 Å². The molecule has 33 heavy (non-hydrogen) atoms. The molecule has 0 aliphatic rings. The lowest BCUT2D eigenvalue weighted by Gasteiger charge is -2.15. The quantitative estimate of drug-likeness (QED) is 0.245. The second kappa shape index (κ2) is 10.1. The minimum absolute atomic E-state index is 0.271. The molecule has 4 aromatic rings. The number of nitrogens with zero attached hydrogens (tertiary/aromatic N) is 3. The summed E-state index contributed by atoms with van der Waals surface area (Å²) in [6.45, 7) is 2.06. The predicted molar refractivity (Wildman–Crippen MR) is 138 cm³/mol. The zero-order valence-corrected chi connectivity index (χ0v) is 21.6. The van der Waals surface area contributed by atoms with Gasteiger partial charge in [-0.3, -0.25) is 4.79 Å². The highest BCUT2D eigenvalue weighted by atomic mass is 79.9. The first-order valence-electron chi connectivity index (χ1n) is 9.85. The number of methoxy groups -OCH3 is 1. The topological polar surface area (TPSA) is 65.7 Å². The van der Waals surface area contributed by atoms with E-state index in [0.717, 1.165) is 10.0 Å². The van der Waals surface area contributed by atoms with Crippen molar-refractivity contribution in [3.63, 3.8) is 0 Å². The number of hydrogen-bond acceptors (Lipinski definition) is 5. The summed E-state index contributed by atoms with van der Waals surface area (Å²) in [5.74, 6) is 1.32. The number of halogens is 3. The SMILES string of the molecule is COc1cc(C=Nn2c(C)nc3ccc(Br)cc3c2=O)c(Br)c(Cl)c1OCc1ccccc1. The maximum atomic E-state index is 13.0. The molecule has 0 N–H and O–H groups in total. The van der Waals surface area contributed by atoms with Crippen LogP contribution in [0.4, 0.5) is 0 Å². The average molecular weight is 592 g/mol. The Morgan fingerprint density at radius 2 is 1.91 bits per heavy atom. The smallest absolute Gasteiger partial charge is 0.282 e. The standard InChI is InChI=1S/C24H18Br2ClN3O3/c1-14-29-19-9-8-17(25)11-18(19)24(31)30(14)28-12-16-10-20(32-2)23(22(27)21(16)26)33-13-15-6-4-3-5-7-15/h3-12H,13H2,1-2H3. The Bertz CT molecular complexity index is 1420. The van der Waals surface area contributed by atoms with Gasteiger partial charge in [-0.2, -0.15) is 9.78 Å². The van der Waals surface area contributed by atoms with E-state index in [1.165, 1.54) is 18.0 Å². The van der Waals surface area contributed by atoms with Crippen LogP contribution in [0.15, 0.2) is 73.4 Å². The van der Waals surface area contributed by atoms with Crippen molar-refractivity contribution < 1.29 is 9.47 Å². The van der Waals surface area contributed by atoms with E-state index in [9.17, 15) is 4.79 Å². The van der Waals surface area contributed by atoms with E-state index in [1.807, 2.05) is 36.4 Å². The van der Waals surface area contributed by atoms with Crippen LogP contribution < -0.4 is 15.0 Å². The number of rotatable bonds is 6. The lowest BCUT2D eigenvalue weighted by Crippen LogP contribution is -2.20. The highest BCUT2D eigenvalue weighted by Gasteiger charge is 2.17. The Kier molecular flexibility index (Phi) is 7.17. The molecule has 1 heterocycles. The van der Waals surface area contributed by atoms with E-state index in [4.69, 9.17) is 21.1 Å². The third-order valence-corrected chi connectivity index (χ3v) is 6.82. The molecule has 0 radical (unpaired) electrons. The maximum Gasteiger partial charge on any atom is 0.282 e. The summed E-state index contributed by atoms with van der Waals surface area (Å²) in [5.41, 5.74) is 1.96. The van der Waals surface area contributed by atoms with E-state index in [2.05, 4.69) is 41.9 Å². The number of aryl methyl sites for hydroxylation is 1. The molecule has 0 aliphatic carbocycles. The highest BCUT2D eigenvalue weighted by molar-refractivity contribution is 9.10. The van der Waals surface area contributed by atoms with Gasteiger partial charge in [0.1, 0.15) is 17.5 Å². The molecule has 0 bridgehead atoms. The van der Waals surface area contributed by atoms with Gasteiger partial charge in [-0.05, 0) is 52.7 Å². The summed E-state index contributed by atoms with van der Waals surface area (Å²) in [5, 5.41) is 5.18. The van der Waals surface area contributed by atoms with Crippen molar-refractivity contribution in [2.45, 2.75) is 13.5 Å². The van der Waals surface area contributed by atoms with Gasteiger partial charge in [0.2, 0.25) is 0 Å². The predicted octanol–water partition coefficient (Wildman–Crippen LogP) is 6.35. The van der Waals surface area contributed by atoms with Crippen molar-refractivity contribution in [1.82, 2.24) is 9.66 Å². The molecule has 0 amide bonds. The number of fused-ring (bicyclic) bond motifs is 1. The minimum Gasteiger partial charge on any atom is -0.493 e. The van der Waals surface area contributed by atoms with E-state index >= 15 is 0 Å². The van der Waals surface area contributed by atoms with Gasteiger partial charge in [-0.25, -0.2) is 4.98 Å². The normalized spacial score (nSPS) is 11.3. The summed E-state index contributed by atoms with van der Waals surface area (Å²) in [4.78, 5) is 17.5. The summed E-state index contributed by atoms with van der Waals surface area (Å²) < 4.78 is 14.1. The first kappa shape index (κ1) is 23.5. The fourth-order valence-electron chi connectivity index (χ4n) is 3.23. The molecule has 0 spiro atoms. The van der Waals surface area contributed by atoms with Crippen LogP contribution >= 0.6 is 43.5 Å². The molecular formula is C24H18Br2ClN3O3. The highest BCUT2D eigenvalue weighted by Crippen LogP contribution is 2.42. The molecule has 4 rings (SSSR count). The van der Waals surface area contributed by atoms with Crippen molar-refractivity contribution in [2.24, 2.45) is 5.10 Å². The van der Waals surface area contributed by atoms with Crippen LogP contribution in [-0.2, 0) is 6.61 Å². The lowest BCUT2D eigenvalue weighted by atomic mass is 10.2. The number of aromatic nitrogens is 2. The third kappa shape index (κ3) is 4.98. The number of hydrogen-bond donors (Lipinski definition) is 0. The van der Waals surface area contributed by atoms with Crippen LogP contribution in [0.25, 0.3) is 10.9 Å². The Morgan fingerprint density at radius 3 is 2.64 bits per heavy atom. The Balaban J connectivity index is 1.70. The van der Waals surface area contributed by atoms with Gasteiger partial charge in [0.05, 0.1) is 24.2 Å². The largest absolute Gasteiger partial charge is 0.493 e. The fraction of sp³-hybridized carbons (Fsp3) is 0.125. The van der Waals surface area contributed by atoms with Gasteiger partial charge in [-0.1, -0.05) is 57.9 Å². The monoisotopic (exact) mass is 589 g/mol. The van der Waals surface area contributed by atoms with Crippen molar-refractivity contribution in [3.8, 4) is 11.5 Å². The van der Waals surface area contributed by atoms with Gasteiger partial charge in [-0.15, -0.1) is 0 Å². The molecule has 0 saturated heterocycles. The van der Waals surface area contributed by atoms with Crippen LogP contribution in [0.2, 0.25) is 5.02 Å². The van der Waals surface area contributed by atoms with E-state index in [0.29, 0.717) is 49.9 Å². The van der Waals surface area contributed by atoms with Crippen LogP contribution in [0.5, 0.6) is 11.5 Å². The summed E-state index contributed by atoms with van der Waals surface area (Å²) in [7, 11) is 1.54. The average Bonchev–Trinajstić information content (AvgIpc) is 2.82. The summed E-state index contributed by atoms with van der Waals surface area (Å²) >= 11 is 13.5. The molecule has 3 aromatic carbocycles. The molecule has 0 atom stereocenters. The van der Waals surface area contributed by atoms with Crippen molar-refractivity contribution in [3.05, 3.63) is 95.9 Å². The Hall–Kier alpha value is -2.68. The molecule has 0 fully saturated rings. The molecule has 1 aromatic heterocycles. The van der Waals surface area contributed by atoms with Gasteiger partial charge in [0, 0.05) is 14.5 Å². The Morgan fingerprint density at radius 1 is 1.15 bits per heavy atom. The van der Waals surface area contributed by atoms with Crippen LogP contribution in [0.3, 0.4) is 0 Å². The lowest BCUT2D eigenvalue weighted by molar-refractivity contribution is 0.284. The molecule has 6 nitrogen and oxygen atoms in total. The molecule has 9 heteroatoms. The van der Waals surface area contributed by atoms with Crippen molar-refractivity contribution in [1.29, 1.82) is 0 Å². The van der Waals surface area contributed by atoms with Gasteiger partial charge < -0.3 is 9.47 Å². The second-order valence-electron chi connectivity index (χ2n) is 7.08. The van der Waals surface area contributed by atoms with Crippen LogP contribution in [0.1, 0.15) is 17.0 Å². The molecule has 0 aliphatic heterocycles. The van der Waals surface area contributed by atoms with Gasteiger partial charge in [0.15, 0.2) is 11.5 Å².